The Hall–Kier alpha value is -1.81. The van der Waals surface area contributed by atoms with Crippen molar-refractivity contribution in [3.05, 3.63) is 58.1 Å². The Balaban J connectivity index is 1.95. The second kappa shape index (κ2) is 6.49. The fourth-order valence-corrected chi connectivity index (χ4v) is 5.14. The summed E-state index contributed by atoms with van der Waals surface area (Å²) in [5.41, 5.74) is 2.26. The van der Waals surface area contributed by atoms with Gasteiger partial charge < -0.3 is 10.4 Å². The zero-order valence-electron chi connectivity index (χ0n) is 14.1. The van der Waals surface area contributed by atoms with Crippen LogP contribution < -0.4 is 5.32 Å². The molecule has 2 N–H and O–H groups in total. The molecule has 1 unspecified atom stereocenters. The zero-order valence-corrected chi connectivity index (χ0v) is 15.7. The zero-order chi connectivity index (χ0) is 17.4. The first-order valence-electron chi connectivity index (χ1n) is 9.04. The van der Waals surface area contributed by atoms with Gasteiger partial charge in [-0.05, 0) is 64.0 Å². The number of amides is 1. The maximum atomic E-state index is 13.4. The van der Waals surface area contributed by atoms with Crippen molar-refractivity contribution >= 4 is 27.5 Å². The number of anilines is 1. The molecular weight excluding hydrogens is 378 g/mol. The van der Waals surface area contributed by atoms with Crippen molar-refractivity contribution in [2.24, 2.45) is 5.92 Å². The average Bonchev–Trinajstić information content (AvgIpc) is 2.78. The smallest absolute Gasteiger partial charge is 0.239 e. The first-order valence-corrected chi connectivity index (χ1v) is 9.83. The monoisotopic (exact) mass is 399 g/mol. The van der Waals surface area contributed by atoms with E-state index in [0.29, 0.717) is 0 Å². The number of benzene rings is 2. The molecule has 4 rings (SSSR count). The molecule has 1 aliphatic heterocycles. The largest absolute Gasteiger partial charge is 0.508 e. The number of carbonyl (C=O) groups is 1. The number of halogens is 1. The highest BCUT2D eigenvalue weighted by atomic mass is 79.9. The van der Waals surface area contributed by atoms with Crippen LogP contribution in [0.2, 0.25) is 0 Å². The molecule has 0 aromatic heterocycles. The van der Waals surface area contributed by atoms with Crippen LogP contribution >= 0.6 is 15.9 Å². The van der Waals surface area contributed by atoms with Crippen LogP contribution in [0.25, 0.3) is 0 Å². The summed E-state index contributed by atoms with van der Waals surface area (Å²) in [6.07, 6.45) is 6.94. The van der Waals surface area contributed by atoms with Crippen molar-refractivity contribution in [1.29, 1.82) is 0 Å². The van der Waals surface area contributed by atoms with Gasteiger partial charge in [-0.1, -0.05) is 49.9 Å². The second-order valence-electron chi connectivity index (χ2n) is 7.16. The molecule has 1 fully saturated rings. The number of phenolic OH excluding ortho intramolecular Hbond substituents is 1. The third kappa shape index (κ3) is 2.58. The lowest BCUT2D eigenvalue weighted by atomic mass is 9.64. The molecule has 25 heavy (non-hydrogen) atoms. The van der Waals surface area contributed by atoms with E-state index in [0.717, 1.165) is 34.1 Å². The maximum Gasteiger partial charge on any atom is 0.239 e. The van der Waals surface area contributed by atoms with Crippen LogP contribution in [0.5, 0.6) is 5.75 Å². The van der Waals surface area contributed by atoms with Crippen LogP contribution in [0, 0.1) is 5.92 Å². The topological polar surface area (TPSA) is 49.3 Å². The number of para-hydroxylation sites is 1. The first kappa shape index (κ1) is 16.6. The fourth-order valence-electron chi connectivity index (χ4n) is 4.68. The highest BCUT2D eigenvalue weighted by Crippen LogP contribution is 2.53. The summed E-state index contributed by atoms with van der Waals surface area (Å²) >= 11 is 3.60. The molecule has 0 bridgehead atoms. The van der Waals surface area contributed by atoms with E-state index in [4.69, 9.17) is 0 Å². The van der Waals surface area contributed by atoms with Crippen molar-refractivity contribution in [3.8, 4) is 5.75 Å². The number of phenols is 1. The summed E-state index contributed by atoms with van der Waals surface area (Å²) < 4.78 is 0.924. The molecule has 1 atom stereocenters. The summed E-state index contributed by atoms with van der Waals surface area (Å²) in [6, 6.07) is 13.3. The Labute approximate surface area is 156 Å². The number of aromatic hydroxyl groups is 1. The number of rotatable bonds is 2. The molecule has 0 spiro atoms. The van der Waals surface area contributed by atoms with Gasteiger partial charge in [0.15, 0.2) is 0 Å². The predicted octanol–water partition coefficient (Wildman–Crippen LogP) is 5.36. The Morgan fingerprint density at radius 3 is 2.36 bits per heavy atom. The van der Waals surface area contributed by atoms with Gasteiger partial charge in [-0.2, -0.15) is 0 Å². The Morgan fingerprint density at radius 1 is 1.00 bits per heavy atom. The Morgan fingerprint density at radius 2 is 1.68 bits per heavy atom. The van der Waals surface area contributed by atoms with E-state index < -0.39 is 5.41 Å². The van der Waals surface area contributed by atoms with E-state index >= 15 is 0 Å². The SMILES string of the molecule is O=C1Nc2c(Br)cccc2C1(c1ccc(O)cc1)C1CCCCCC1. The van der Waals surface area contributed by atoms with Crippen LogP contribution in [-0.4, -0.2) is 11.0 Å². The Kier molecular flexibility index (Phi) is 4.32. The van der Waals surface area contributed by atoms with Gasteiger partial charge in [0.25, 0.3) is 0 Å². The van der Waals surface area contributed by atoms with Gasteiger partial charge in [-0.15, -0.1) is 0 Å². The van der Waals surface area contributed by atoms with Crippen molar-refractivity contribution in [1.82, 2.24) is 0 Å². The molecule has 1 saturated carbocycles. The van der Waals surface area contributed by atoms with Gasteiger partial charge in [-0.25, -0.2) is 0 Å². The lowest BCUT2D eigenvalue weighted by molar-refractivity contribution is -0.121. The van der Waals surface area contributed by atoms with Crippen molar-refractivity contribution in [2.45, 2.75) is 43.9 Å². The summed E-state index contributed by atoms with van der Waals surface area (Å²) in [6.45, 7) is 0. The summed E-state index contributed by atoms with van der Waals surface area (Å²) in [5.74, 6) is 0.565. The number of fused-ring (bicyclic) bond motifs is 1. The lowest BCUT2D eigenvalue weighted by Crippen LogP contribution is -2.43. The number of carbonyl (C=O) groups excluding carboxylic acids is 1. The molecule has 1 aliphatic carbocycles. The van der Waals surface area contributed by atoms with E-state index in [1.54, 1.807) is 12.1 Å². The van der Waals surface area contributed by atoms with Gasteiger partial charge in [0.2, 0.25) is 5.91 Å². The van der Waals surface area contributed by atoms with Crippen molar-refractivity contribution in [3.63, 3.8) is 0 Å². The number of nitrogens with one attached hydrogen (secondary N) is 1. The molecule has 1 amide bonds. The molecule has 4 heteroatoms. The minimum Gasteiger partial charge on any atom is -0.508 e. The first-order chi connectivity index (χ1) is 12.1. The number of hydrogen-bond acceptors (Lipinski definition) is 2. The highest BCUT2D eigenvalue weighted by molar-refractivity contribution is 9.10. The normalized spacial score (nSPS) is 23.8. The van der Waals surface area contributed by atoms with Gasteiger partial charge in [-0.3, -0.25) is 4.79 Å². The molecule has 2 aromatic carbocycles. The summed E-state index contributed by atoms with van der Waals surface area (Å²) in [4.78, 5) is 13.4. The standard InChI is InChI=1S/C21H22BrNO2/c22-18-9-5-8-17-19(18)23-20(25)21(17,14-6-3-1-2-4-7-14)15-10-12-16(24)13-11-15/h5,8-14,24H,1-4,6-7H2,(H,23,25). The van der Waals surface area contributed by atoms with Crippen LogP contribution in [0.15, 0.2) is 46.9 Å². The van der Waals surface area contributed by atoms with Gasteiger partial charge in [0, 0.05) is 4.47 Å². The third-order valence-corrected chi connectivity index (χ3v) is 6.49. The van der Waals surface area contributed by atoms with Crippen LogP contribution in [0.3, 0.4) is 0 Å². The third-order valence-electron chi connectivity index (χ3n) is 5.83. The Bertz CT molecular complexity index is 794. The maximum absolute atomic E-state index is 13.4. The van der Waals surface area contributed by atoms with Gasteiger partial charge in [0.05, 0.1) is 5.69 Å². The fraction of sp³-hybridized carbons (Fsp3) is 0.381. The van der Waals surface area contributed by atoms with Crippen LogP contribution in [0.1, 0.15) is 49.7 Å². The molecule has 2 aliphatic rings. The molecule has 3 nitrogen and oxygen atoms in total. The minimum atomic E-state index is -0.669. The molecule has 2 aromatic rings. The van der Waals surface area contributed by atoms with Crippen LogP contribution in [-0.2, 0) is 10.2 Å². The average molecular weight is 400 g/mol. The van der Waals surface area contributed by atoms with Crippen molar-refractivity contribution < 1.29 is 9.90 Å². The van der Waals surface area contributed by atoms with Crippen molar-refractivity contribution in [2.75, 3.05) is 5.32 Å². The summed E-state index contributed by atoms with van der Waals surface area (Å²) in [7, 11) is 0. The lowest BCUT2D eigenvalue weighted by Gasteiger charge is -2.36. The quantitative estimate of drug-likeness (QED) is 0.667. The molecular formula is C21H22BrNO2. The highest BCUT2D eigenvalue weighted by Gasteiger charge is 2.53. The van der Waals surface area contributed by atoms with E-state index in [1.807, 2.05) is 24.3 Å². The summed E-state index contributed by atoms with van der Waals surface area (Å²) in [5, 5.41) is 12.9. The number of hydrogen-bond donors (Lipinski definition) is 2. The van der Waals surface area contributed by atoms with E-state index in [9.17, 15) is 9.90 Å². The van der Waals surface area contributed by atoms with E-state index in [2.05, 4.69) is 27.3 Å². The van der Waals surface area contributed by atoms with E-state index in [1.165, 1.54) is 25.7 Å². The molecule has 0 saturated heterocycles. The van der Waals surface area contributed by atoms with Gasteiger partial charge >= 0.3 is 0 Å². The second-order valence-corrected chi connectivity index (χ2v) is 8.01. The minimum absolute atomic E-state index is 0.0620. The molecule has 130 valence electrons. The van der Waals surface area contributed by atoms with E-state index in [-0.39, 0.29) is 17.6 Å². The van der Waals surface area contributed by atoms with Gasteiger partial charge in [0.1, 0.15) is 11.2 Å². The predicted molar refractivity (Wildman–Crippen MR) is 103 cm³/mol. The van der Waals surface area contributed by atoms with Crippen LogP contribution in [0.4, 0.5) is 5.69 Å². The molecule has 0 radical (unpaired) electrons. The molecule has 1 heterocycles.